The second kappa shape index (κ2) is 8.56. The maximum atomic E-state index is 13.6. The van der Waals surface area contributed by atoms with Crippen LogP contribution >= 0.6 is 0 Å². The largest absolute Gasteiger partial charge is 0.479 e. The minimum atomic E-state index is -4.73. The van der Waals surface area contributed by atoms with Gasteiger partial charge in [-0.15, -0.1) is 0 Å². The molecule has 1 saturated carbocycles. The topological polar surface area (TPSA) is 120 Å². The van der Waals surface area contributed by atoms with Crippen LogP contribution in [0, 0.1) is 5.92 Å². The summed E-state index contributed by atoms with van der Waals surface area (Å²) in [6.07, 6.45) is -0.823. The van der Waals surface area contributed by atoms with E-state index >= 15 is 0 Å². The minimum absolute atomic E-state index is 0.159. The van der Waals surface area contributed by atoms with E-state index < -0.39 is 47.6 Å². The Hall–Kier alpha value is -3.11. The van der Waals surface area contributed by atoms with Gasteiger partial charge in [-0.2, -0.15) is 13.2 Å². The molecule has 3 amide bonds. The van der Waals surface area contributed by atoms with Crippen LogP contribution in [0.25, 0.3) is 5.57 Å². The lowest BCUT2D eigenvalue weighted by Crippen LogP contribution is -2.66. The number of allylic oxidation sites excluding steroid dienone is 1. The van der Waals surface area contributed by atoms with Crippen molar-refractivity contribution in [3.05, 3.63) is 39.8 Å². The number of nitrogens with one attached hydrogen (secondary N) is 2. The fourth-order valence-electron chi connectivity index (χ4n) is 4.21. The number of hydrogen-bond donors (Lipinski definition) is 3. The predicted molar refractivity (Wildman–Crippen MR) is 103 cm³/mol. The fraction of sp³-hybridized carbons (Fsp3) is 0.500. The van der Waals surface area contributed by atoms with Gasteiger partial charge >= 0.3 is 18.2 Å². The number of carboxylic acid groups (broad SMARTS) is 1. The molecule has 0 bridgehead atoms. The molecule has 1 aromatic heterocycles. The summed E-state index contributed by atoms with van der Waals surface area (Å²) in [6, 6.07) is -2.70. The van der Waals surface area contributed by atoms with Crippen LogP contribution in [0.5, 0.6) is 0 Å². The summed E-state index contributed by atoms with van der Waals surface area (Å²) >= 11 is 0. The first-order valence-electron chi connectivity index (χ1n) is 9.86. The van der Waals surface area contributed by atoms with Crippen molar-refractivity contribution in [2.24, 2.45) is 5.92 Å². The van der Waals surface area contributed by atoms with E-state index in [4.69, 9.17) is 0 Å². The van der Waals surface area contributed by atoms with Gasteiger partial charge in [0, 0.05) is 12.3 Å². The second-order valence-corrected chi connectivity index (χ2v) is 7.76. The van der Waals surface area contributed by atoms with E-state index in [0.29, 0.717) is 12.8 Å². The van der Waals surface area contributed by atoms with E-state index in [9.17, 15) is 37.5 Å². The van der Waals surface area contributed by atoms with Gasteiger partial charge in [0.2, 0.25) is 5.56 Å². The number of carbonyl (C=O) groups excluding carboxylic acids is 2. The number of alkyl halides is 3. The van der Waals surface area contributed by atoms with Gasteiger partial charge in [-0.1, -0.05) is 19.3 Å². The summed E-state index contributed by atoms with van der Waals surface area (Å²) in [6.45, 7) is 1.41. The summed E-state index contributed by atoms with van der Waals surface area (Å²) in [5.74, 6) is -3.40. The Morgan fingerprint density at radius 3 is 2.42 bits per heavy atom. The SMILES string of the molecule is CC(=C1C(=O)N(C(=O)NC(C2CCCCC2)C(F)(F)F)C1C(=O)O)c1cc[nH]c(=O)c1. The first-order chi connectivity index (χ1) is 14.5. The molecule has 2 aliphatic rings. The van der Waals surface area contributed by atoms with Crippen molar-refractivity contribution in [3.63, 3.8) is 0 Å². The Bertz CT molecular complexity index is 979. The van der Waals surface area contributed by atoms with E-state index in [0.717, 1.165) is 12.5 Å². The molecule has 0 aromatic carbocycles. The molecule has 2 heterocycles. The first kappa shape index (κ1) is 22.6. The molecule has 168 valence electrons. The van der Waals surface area contributed by atoms with E-state index in [1.54, 1.807) is 0 Å². The Morgan fingerprint density at radius 1 is 1.23 bits per heavy atom. The average molecular weight is 441 g/mol. The summed E-state index contributed by atoms with van der Waals surface area (Å²) in [4.78, 5) is 51.1. The zero-order valence-electron chi connectivity index (χ0n) is 16.7. The summed E-state index contributed by atoms with van der Waals surface area (Å²) < 4.78 is 40.8. The molecule has 0 spiro atoms. The van der Waals surface area contributed by atoms with Crippen LogP contribution < -0.4 is 10.9 Å². The average Bonchev–Trinajstić information content (AvgIpc) is 2.69. The number of H-pyrrole nitrogens is 1. The lowest BCUT2D eigenvalue weighted by atomic mass is 9.83. The highest BCUT2D eigenvalue weighted by Gasteiger charge is 2.54. The molecular weight excluding hydrogens is 419 g/mol. The maximum absolute atomic E-state index is 13.6. The number of carbonyl (C=O) groups is 3. The van der Waals surface area contributed by atoms with Crippen LogP contribution in [0.4, 0.5) is 18.0 Å². The number of likely N-dealkylation sites (tertiary alicyclic amines) is 1. The summed E-state index contributed by atoms with van der Waals surface area (Å²) in [5, 5.41) is 11.4. The normalized spacial score (nSPS) is 22.5. The molecule has 31 heavy (non-hydrogen) atoms. The third kappa shape index (κ3) is 4.49. The zero-order chi connectivity index (χ0) is 22.9. The van der Waals surface area contributed by atoms with E-state index in [1.165, 1.54) is 19.2 Å². The molecule has 3 rings (SSSR count). The molecule has 2 fully saturated rings. The lowest BCUT2D eigenvalue weighted by Gasteiger charge is -2.41. The van der Waals surface area contributed by atoms with Gasteiger partial charge in [0.15, 0.2) is 6.04 Å². The standard InChI is InChI=1S/C20H22F3N3O5/c1-10(12-7-8-24-13(27)9-12)14-15(18(29)30)26(17(14)28)19(31)25-16(20(21,22)23)11-5-3-2-4-6-11/h7-9,11,15-16H,2-6H2,1H3,(H,24,27)(H,25,31)(H,29,30). The van der Waals surface area contributed by atoms with Crippen molar-refractivity contribution in [2.45, 2.75) is 57.3 Å². The summed E-state index contributed by atoms with van der Waals surface area (Å²) in [5.41, 5.74) is -0.304. The van der Waals surface area contributed by atoms with Crippen LogP contribution in [0.1, 0.15) is 44.6 Å². The highest BCUT2D eigenvalue weighted by Crippen LogP contribution is 2.37. The quantitative estimate of drug-likeness (QED) is 0.490. The Balaban J connectivity index is 1.87. The van der Waals surface area contributed by atoms with E-state index in [2.05, 4.69) is 4.98 Å². The van der Waals surface area contributed by atoms with Crippen LogP contribution in [0.2, 0.25) is 0 Å². The van der Waals surface area contributed by atoms with Crippen molar-refractivity contribution in [1.29, 1.82) is 0 Å². The minimum Gasteiger partial charge on any atom is -0.479 e. The summed E-state index contributed by atoms with van der Waals surface area (Å²) in [7, 11) is 0. The Morgan fingerprint density at radius 2 is 1.87 bits per heavy atom. The fourth-order valence-corrected chi connectivity index (χ4v) is 4.21. The number of urea groups is 1. The van der Waals surface area contributed by atoms with Gasteiger partial charge in [-0.3, -0.25) is 9.59 Å². The van der Waals surface area contributed by atoms with E-state index in [1.807, 2.05) is 5.32 Å². The van der Waals surface area contributed by atoms with Crippen LogP contribution in [0.3, 0.4) is 0 Å². The van der Waals surface area contributed by atoms with Gasteiger partial charge in [-0.25, -0.2) is 14.5 Å². The van der Waals surface area contributed by atoms with Gasteiger partial charge in [-0.05, 0) is 42.9 Å². The van der Waals surface area contributed by atoms with Crippen molar-refractivity contribution >= 4 is 23.5 Å². The third-order valence-electron chi connectivity index (χ3n) is 5.80. The Labute approximate surface area is 175 Å². The first-order valence-corrected chi connectivity index (χ1v) is 9.86. The number of aromatic amines is 1. The molecular formula is C20H22F3N3O5. The molecule has 1 aliphatic carbocycles. The predicted octanol–water partition coefficient (Wildman–Crippen LogP) is 2.66. The van der Waals surface area contributed by atoms with Gasteiger partial charge in [0.05, 0.1) is 5.57 Å². The number of pyridine rings is 1. The molecule has 1 saturated heterocycles. The number of halogens is 3. The highest BCUT2D eigenvalue weighted by atomic mass is 19.4. The highest BCUT2D eigenvalue weighted by molar-refractivity contribution is 6.21. The number of hydrogen-bond acceptors (Lipinski definition) is 4. The number of aliphatic carboxylic acids is 1. The van der Waals surface area contributed by atoms with Gasteiger partial charge in [0.1, 0.15) is 6.04 Å². The van der Waals surface area contributed by atoms with Crippen molar-refractivity contribution in [1.82, 2.24) is 15.2 Å². The zero-order valence-corrected chi connectivity index (χ0v) is 16.7. The van der Waals surface area contributed by atoms with Crippen LogP contribution in [-0.2, 0) is 9.59 Å². The number of carboxylic acids is 1. The number of aromatic nitrogens is 1. The molecule has 1 aromatic rings. The number of β-lactam (4-membered cyclic amide) rings is 1. The number of nitrogens with zero attached hydrogens (tertiary/aromatic N) is 1. The molecule has 11 heteroatoms. The molecule has 2 atom stereocenters. The molecule has 0 radical (unpaired) electrons. The number of rotatable bonds is 4. The molecule has 2 unspecified atom stereocenters. The third-order valence-corrected chi connectivity index (χ3v) is 5.80. The Kier molecular flexibility index (Phi) is 6.23. The number of imide groups is 1. The second-order valence-electron chi connectivity index (χ2n) is 7.76. The van der Waals surface area contributed by atoms with Crippen molar-refractivity contribution in [2.75, 3.05) is 0 Å². The van der Waals surface area contributed by atoms with Gasteiger partial charge in [0.25, 0.3) is 5.91 Å². The monoisotopic (exact) mass is 441 g/mol. The molecule has 8 nitrogen and oxygen atoms in total. The molecule has 1 aliphatic heterocycles. The number of amides is 3. The van der Waals surface area contributed by atoms with Crippen molar-refractivity contribution in [3.8, 4) is 0 Å². The maximum Gasteiger partial charge on any atom is 0.408 e. The lowest BCUT2D eigenvalue weighted by molar-refractivity contribution is -0.169. The van der Waals surface area contributed by atoms with Crippen molar-refractivity contribution < 1.29 is 32.7 Å². The van der Waals surface area contributed by atoms with Crippen LogP contribution in [0.15, 0.2) is 28.7 Å². The van der Waals surface area contributed by atoms with Crippen LogP contribution in [-0.4, -0.2) is 51.2 Å². The van der Waals surface area contributed by atoms with E-state index in [-0.39, 0.29) is 34.5 Å². The van der Waals surface area contributed by atoms with Gasteiger partial charge < -0.3 is 15.4 Å². The molecule has 3 N–H and O–H groups in total. The smallest absolute Gasteiger partial charge is 0.408 e.